The molecule has 0 aromatic heterocycles. The predicted octanol–water partition coefficient (Wildman–Crippen LogP) is 1.02. The second kappa shape index (κ2) is 6.00. The summed E-state index contributed by atoms with van der Waals surface area (Å²) in [6.07, 6.45) is 1.01. The zero-order valence-corrected chi connectivity index (χ0v) is 8.21. The highest BCUT2D eigenvalue weighted by Gasteiger charge is 2.22. The van der Waals surface area contributed by atoms with Crippen molar-refractivity contribution < 1.29 is 9.90 Å². The number of hydrogen-bond donors (Lipinski definition) is 1. The van der Waals surface area contributed by atoms with Crippen molar-refractivity contribution >= 4 is 5.91 Å². The van der Waals surface area contributed by atoms with Gasteiger partial charge in [0.15, 0.2) is 0 Å². The van der Waals surface area contributed by atoms with Crippen LogP contribution in [0.3, 0.4) is 0 Å². The number of carbonyl (C=O) groups is 1. The van der Waals surface area contributed by atoms with Crippen LogP contribution in [-0.2, 0) is 4.79 Å². The number of aliphatic hydroxyl groups is 1. The van der Waals surface area contributed by atoms with Gasteiger partial charge >= 0.3 is 0 Å². The average molecular weight is 173 g/mol. The standard InChI is InChI=1S/C7H13NO2.C2H6/c1-2-7(10)8-4-3-6(9)5-8;1-2/h6,9H,2-5H2,1H3;1-2H3. The molecule has 1 rings (SSSR count). The molecule has 0 aromatic carbocycles. The van der Waals surface area contributed by atoms with Gasteiger partial charge in [0, 0.05) is 19.5 Å². The number of hydrogen-bond acceptors (Lipinski definition) is 2. The first-order valence-corrected chi connectivity index (χ1v) is 4.70. The predicted molar refractivity (Wildman–Crippen MR) is 48.8 cm³/mol. The third kappa shape index (κ3) is 3.22. The van der Waals surface area contributed by atoms with Crippen LogP contribution in [0, 0.1) is 0 Å². The van der Waals surface area contributed by atoms with Gasteiger partial charge in [-0.05, 0) is 6.42 Å². The van der Waals surface area contributed by atoms with Crippen molar-refractivity contribution in [3.63, 3.8) is 0 Å². The van der Waals surface area contributed by atoms with Crippen LogP contribution in [0.1, 0.15) is 33.6 Å². The highest BCUT2D eigenvalue weighted by atomic mass is 16.3. The van der Waals surface area contributed by atoms with E-state index in [0.29, 0.717) is 13.0 Å². The Morgan fingerprint density at radius 3 is 2.50 bits per heavy atom. The van der Waals surface area contributed by atoms with E-state index in [9.17, 15) is 4.79 Å². The summed E-state index contributed by atoms with van der Waals surface area (Å²) < 4.78 is 0. The fraction of sp³-hybridized carbons (Fsp3) is 0.889. The Kier molecular flexibility index (Phi) is 5.72. The molecule has 3 heteroatoms. The third-order valence-corrected chi connectivity index (χ3v) is 1.82. The van der Waals surface area contributed by atoms with Crippen molar-refractivity contribution in [2.24, 2.45) is 0 Å². The first kappa shape index (κ1) is 11.4. The minimum Gasteiger partial charge on any atom is -0.391 e. The quantitative estimate of drug-likeness (QED) is 0.643. The number of β-amino-alcohol motifs (C(OH)–C–C–N with tert-alkyl or cyclic N) is 1. The van der Waals surface area contributed by atoms with Gasteiger partial charge in [0.2, 0.25) is 5.91 Å². The van der Waals surface area contributed by atoms with E-state index in [4.69, 9.17) is 5.11 Å². The average Bonchev–Trinajstić information content (AvgIpc) is 2.54. The Balaban J connectivity index is 0.000000561. The number of likely N-dealkylation sites (tertiary alicyclic amines) is 1. The van der Waals surface area contributed by atoms with E-state index < -0.39 is 0 Å². The Labute approximate surface area is 74.4 Å². The van der Waals surface area contributed by atoms with Crippen LogP contribution in [-0.4, -0.2) is 35.1 Å². The van der Waals surface area contributed by atoms with E-state index in [1.807, 2.05) is 20.8 Å². The molecule has 0 bridgehead atoms. The third-order valence-electron chi connectivity index (χ3n) is 1.82. The highest BCUT2D eigenvalue weighted by molar-refractivity contribution is 5.76. The normalized spacial score (nSPS) is 21.7. The first-order chi connectivity index (χ1) is 5.74. The Hall–Kier alpha value is -0.570. The molecule has 1 aliphatic rings. The number of rotatable bonds is 1. The molecule has 1 saturated heterocycles. The van der Waals surface area contributed by atoms with E-state index >= 15 is 0 Å². The Morgan fingerprint density at radius 1 is 1.58 bits per heavy atom. The van der Waals surface area contributed by atoms with Crippen molar-refractivity contribution in [3.05, 3.63) is 0 Å². The van der Waals surface area contributed by atoms with Gasteiger partial charge in [-0.15, -0.1) is 0 Å². The van der Waals surface area contributed by atoms with Crippen molar-refractivity contribution in [2.75, 3.05) is 13.1 Å². The number of amides is 1. The lowest BCUT2D eigenvalue weighted by Crippen LogP contribution is -2.28. The molecule has 1 N–H and O–H groups in total. The van der Waals surface area contributed by atoms with Crippen LogP contribution in [0.4, 0.5) is 0 Å². The monoisotopic (exact) mass is 173 g/mol. The Bertz CT molecular complexity index is 136. The van der Waals surface area contributed by atoms with E-state index in [1.165, 1.54) is 0 Å². The molecule has 0 saturated carbocycles. The highest BCUT2D eigenvalue weighted by Crippen LogP contribution is 2.09. The van der Waals surface area contributed by atoms with Gasteiger partial charge in [0.05, 0.1) is 6.10 Å². The van der Waals surface area contributed by atoms with Gasteiger partial charge in [-0.1, -0.05) is 20.8 Å². The van der Waals surface area contributed by atoms with Crippen molar-refractivity contribution in [1.29, 1.82) is 0 Å². The second-order valence-corrected chi connectivity index (χ2v) is 2.64. The van der Waals surface area contributed by atoms with Gasteiger partial charge in [-0.2, -0.15) is 0 Å². The van der Waals surface area contributed by atoms with E-state index in [1.54, 1.807) is 4.90 Å². The van der Waals surface area contributed by atoms with Crippen molar-refractivity contribution in [1.82, 2.24) is 4.90 Å². The van der Waals surface area contributed by atoms with Gasteiger partial charge < -0.3 is 10.0 Å². The second-order valence-electron chi connectivity index (χ2n) is 2.64. The molecule has 0 radical (unpaired) electrons. The van der Waals surface area contributed by atoms with Crippen LogP contribution in [0.5, 0.6) is 0 Å². The first-order valence-electron chi connectivity index (χ1n) is 4.70. The number of carbonyl (C=O) groups excluding carboxylic acids is 1. The van der Waals surface area contributed by atoms with E-state index in [0.717, 1.165) is 13.0 Å². The SMILES string of the molecule is CC.CCC(=O)N1CCC(O)C1. The zero-order valence-electron chi connectivity index (χ0n) is 8.21. The zero-order chi connectivity index (χ0) is 9.56. The molecule has 0 aromatic rings. The van der Waals surface area contributed by atoms with Crippen LogP contribution < -0.4 is 0 Å². The summed E-state index contributed by atoms with van der Waals surface area (Å²) in [6, 6.07) is 0. The fourth-order valence-electron chi connectivity index (χ4n) is 1.19. The topological polar surface area (TPSA) is 40.5 Å². The maximum Gasteiger partial charge on any atom is 0.222 e. The fourth-order valence-corrected chi connectivity index (χ4v) is 1.19. The number of aliphatic hydroxyl groups excluding tert-OH is 1. The number of nitrogens with zero attached hydrogens (tertiary/aromatic N) is 1. The molecule has 1 fully saturated rings. The van der Waals surface area contributed by atoms with Crippen LogP contribution in [0.2, 0.25) is 0 Å². The summed E-state index contributed by atoms with van der Waals surface area (Å²) >= 11 is 0. The van der Waals surface area contributed by atoms with Crippen LogP contribution >= 0.6 is 0 Å². The summed E-state index contributed by atoms with van der Waals surface area (Å²) in [7, 11) is 0. The molecule has 72 valence electrons. The summed E-state index contributed by atoms with van der Waals surface area (Å²) in [5, 5.41) is 9.05. The molecule has 1 unspecified atom stereocenters. The van der Waals surface area contributed by atoms with Gasteiger partial charge in [0.25, 0.3) is 0 Å². The van der Waals surface area contributed by atoms with Crippen molar-refractivity contribution in [3.8, 4) is 0 Å². The maximum absolute atomic E-state index is 11.0. The summed E-state index contributed by atoms with van der Waals surface area (Å²) in [5.74, 6) is 0.150. The minimum atomic E-state index is -0.282. The maximum atomic E-state index is 11.0. The molecule has 0 aliphatic carbocycles. The van der Waals surface area contributed by atoms with Crippen LogP contribution in [0.15, 0.2) is 0 Å². The van der Waals surface area contributed by atoms with E-state index in [-0.39, 0.29) is 12.0 Å². The van der Waals surface area contributed by atoms with Gasteiger partial charge in [0.1, 0.15) is 0 Å². The summed E-state index contributed by atoms with van der Waals surface area (Å²) in [4.78, 5) is 12.7. The summed E-state index contributed by atoms with van der Waals surface area (Å²) in [6.45, 7) is 7.10. The molecule has 1 atom stereocenters. The molecular weight excluding hydrogens is 154 g/mol. The van der Waals surface area contributed by atoms with Crippen LogP contribution in [0.25, 0.3) is 0 Å². The molecule has 0 spiro atoms. The molecule has 1 heterocycles. The lowest BCUT2D eigenvalue weighted by atomic mass is 10.3. The summed E-state index contributed by atoms with van der Waals surface area (Å²) in [5.41, 5.74) is 0. The molecular formula is C9H19NO2. The molecule has 12 heavy (non-hydrogen) atoms. The van der Waals surface area contributed by atoms with Crippen molar-refractivity contribution in [2.45, 2.75) is 39.7 Å². The van der Waals surface area contributed by atoms with Gasteiger partial charge in [-0.25, -0.2) is 0 Å². The molecule has 1 amide bonds. The lowest BCUT2D eigenvalue weighted by Gasteiger charge is -2.13. The smallest absolute Gasteiger partial charge is 0.222 e. The molecule has 3 nitrogen and oxygen atoms in total. The van der Waals surface area contributed by atoms with Gasteiger partial charge in [-0.3, -0.25) is 4.79 Å². The molecule has 1 aliphatic heterocycles. The van der Waals surface area contributed by atoms with E-state index in [2.05, 4.69) is 0 Å². The minimum absolute atomic E-state index is 0.150. The largest absolute Gasteiger partial charge is 0.391 e. The lowest BCUT2D eigenvalue weighted by molar-refractivity contribution is -0.130. The Morgan fingerprint density at radius 2 is 2.17 bits per heavy atom.